The zero-order valence-corrected chi connectivity index (χ0v) is 15.7. The average molecular weight is 403 g/mol. The van der Waals surface area contributed by atoms with Gasteiger partial charge in [0.25, 0.3) is 0 Å². The molecule has 0 aromatic carbocycles. The Hall–Kier alpha value is -0.430. The van der Waals surface area contributed by atoms with E-state index in [-0.39, 0.29) is 5.60 Å². The number of methoxy groups -OCH3 is 1. The van der Waals surface area contributed by atoms with Crippen molar-refractivity contribution in [3.63, 3.8) is 0 Å². The standard InChI is InChI=1S/C16H26IN3O/c1-5-6-11-12(17)13(18)20-14(19-11)16(21-4)9-7-15(2,3)8-10-16/h5-10H2,1-4H3,(H2,18,19,20). The van der Waals surface area contributed by atoms with Crippen LogP contribution in [0, 0.1) is 8.99 Å². The van der Waals surface area contributed by atoms with Crippen LogP contribution in [0.15, 0.2) is 0 Å². The van der Waals surface area contributed by atoms with Crippen LogP contribution in [0.2, 0.25) is 0 Å². The van der Waals surface area contributed by atoms with E-state index in [0.29, 0.717) is 11.2 Å². The zero-order valence-electron chi connectivity index (χ0n) is 13.5. The second kappa shape index (κ2) is 6.36. The predicted molar refractivity (Wildman–Crippen MR) is 94.1 cm³/mol. The van der Waals surface area contributed by atoms with E-state index in [4.69, 9.17) is 15.5 Å². The molecule has 1 heterocycles. The Bertz CT molecular complexity index is 506. The Balaban J connectivity index is 2.39. The maximum absolute atomic E-state index is 6.11. The molecule has 0 radical (unpaired) electrons. The lowest BCUT2D eigenvalue weighted by Crippen LogP contribution is -2.38. The quantitative estimate of drug-likeness (QED) is 0.771. The number of aromatic nitrogens is 2. The molecular weight excluding hydrogens is 377 g/mol. The number of hydrogen-bond acceptors (Lipinski definition) is 4. The molecule has 1 fully saturated rings. The highest BCUT2D eigenvalue weighted by molar-refractivity contribution is 14.1. The Morgan fingerprint density at radius 1 is 1.19 bits per heavy atom. The van der Waals surface area contributed by atoms with Crippen LogP contribution in [-0.2, 0) is 16.8 Å². The molecular formula is C16H26IN3O. The van der Waals surface area contributed by atoms with Crippen LogP contribution in [0.25, 0.3) is 0 Å². The van der Waals surface area contributed by atoms with E-state index >= 15 is 0 Å². The van der Waals surface area contributed by atoms with Gasteiger partial charge in [-0.15, -0.1) is 0 Å². The van der Waals surface area contributed by atoms with Crippen molar-refractivity contribution in [2.75, 3.05) is 12.8 Å². The van der Waals surface area contributed by atoms with Crippen LogP contribution in [0.3, 0.4) is 0 Å². The molecule has 0 spiro atoms. The summed E-state index contributed by atoms with van der Waals surface area (Å²) in [6.07, 6.45) is 6.16. The summed E-state index contributed by atoms with van der Waals surface area (Å²) in [5.41, 5.74) is 7.18. The highest BCUT2D eigenvalue weighted by atomic mass is 127. The molecule has 5 heteroatoms. The highest BCUT2D eigenvalue weighted by Gasteiger charge is 2.42. The predicted octanol–water partition coefficient (Wildman–Crippen LogP) is 4.06. The van der Waals surface area contributed by atoms with Crippen LogP contribution in [0.4, 0.5) is 5.82 Å². The molecule has 1 saturated carbocycles. The van der Waals surface area contributed by atoms with Gasteiger partial charge in [-0.1, -0.05) is 27.2 Å². The van der Waals surface area contributed by atoms with Crippen LogP contribution in [-0.4, -0.2) is 17.1 Å². The lowest BCUT2D eigenvalue weighted by atomic mass is 9.70. The van der Waals surface area contributed by atoms with E-state index in [1.807, 2.05) is 0 Å². The third kappa shape index (κ3) is 3.50. The number of ether oxygens (including phenoxy) is 1. The number of nitrogen functional groups attached to an aromatic ring is 1. The van der Waals surface area contributed by atoms with Crippen molar-refractivity contribution < 1.29 is 4.74 Å². The van der Waals surface area contributed by atoms with Crippen molar-refractivity contribution in [1.29, 1.82) is 0 Å². The second-order valence-corrected chi connectivity index (χ2v) is 7.88. The topological polar surface area (TPSA) is 61.0 Å². The largest absolute Gasteiger partial charge is 0.383 e. The molecule has 2 N–H and O–H groups in total. The SMILES string of the molecule is CCCc1nc(C2(OC)CCC(C)(C)CC2)nc(N)c1I. The van der Waals surface area contributed by atoms with Gasteiger partial charge in [0.15, 0.2) is 5.82 Å². The summed E-state index contributed by atoms with van der Waals surface area (Å²) in [5.74, 6) is 1.37. The van der Waals surface area contributed by atoms with Crippen molar-refractivity contribution >= 4 is 28.4 Å². The van der Waals surface area contributed by atoms with Gasteiger partial charge < -0.3 is 10.5 Å². The van der Waals surface area contributed by atoms with Crippen molar-refractivity contribution in [1.82, 2.24) is 9.97 Å². The van der Waals surface area contributed by atoms with Gasteiger partial charge in [0.1, 0.15) is 11.4 Å². The number of rotatable bonds is 4. The van der Waals surface area contributed by atoms with Crippen molar-refractivity contribution in [2.45, 2.75) is 64.9 Å². The third-order valence-electron chi connectivity index (χ3n) is 4.64. The Morgan fingerprint density at radius 3 is 2.33 bits per heavy atom. The number of aryl methyl sites for hydroxylation is 1. The van der Waals surface area contributed by atoms with E-state index in [0.717, 1.165) is 53.6 Å². The summed E-state index contributed by atoms with van der Waals surface area (Å²) in [6, 6.07) is 0. The lowest BCUT2D eigenvalue weighted by Gasteiger charge is -2.41. The molecule has 2 rings (SSSR count). The monoisotopic (exact) mass is 403 g/mol. The Labute approximate surface area is 141 Å². The van der Waals surface area contributed by atoms with Crippen LogP contribution in [0.5, 0.6) is 0 Å². The molecule has 118 valence electrons. The van der Waals surface area contributed by atoms with Crippen molar-refractivity contribution in [3.05, 3.63) is 15.1 Å². The molecule has 0 bridgehead atoms. The minimum absolute atomic E-state index is 0.365. The molecule has 0 saturated heterocycles. The van der Waals surface area contributed by atoms with Gasteiger partial charge in [-0.25, -0.2) is 9.97 Å². The molecule has 1 aliphatic carbocycles. The first-order valence-corrected chi connectivity index (χ1v) is 8.79. The first-order chi connectivity index (χ1) is 9.83. The maximum atomic E-state index is 6.11. The molecule has 0 amide bonds. The van der Waals surface area contributed by atoms with Gasteiger partial charge in [-0.05, 0) is 60.1 Å². The molecule has 1 aromatic heterocycles. The number of anilines is 1. The van der Waals surface area contributed by atoms with Crippen LogP contribution >= 0.6 is 22.6 Å². The summed E-state index contributed by atoms with van der Waals surface area (Å²) in [7, 11) is 1.77. The number of nitrogens with two attached hydrogens (primary N) is 1. The fourth-order valence-electron chi connectivity index (χ4n) is 2.97. The molecule has 0 aliphatic heterocycles. The van der Waals surface area contributed by atoms with Gasteiger partial charge in [-0.2, -0.15) is 0 Å². The molecule has 0 unspecified atom stereocenters. The summed E-state index contributed by atoms with van der Waals surface area (Å²) in [6.45, 7) is 6.79. The van der Waals surface area contributed by atoms with Gasteiger partial charge in [0, 0.05) is 7.11 Å². The summed E-state index contributed by atoms with van der Waals surface area (Å²) in [5, 5.41) is 0. The van der Waals surface area contributed by atoms with Gasteiger partial charge in [0.2, 0.25) is 0 Å². The van der Waals surface area contributed by atoms with E-state index in [2.05, 4.69) is 48.3 Å². The minimum Gasteiger partial charge on any atom is -0.383 e. The Kier molecular flexibility index (Phi) is 5.13. The van der Waals surface area contributed by atoms with E-state index < -0.39 is 0 Å². The van der Waals surface area contributed by atoms with Crippen LogP contribution < -0.4 is 5.73 Å². The number of nitrogens with zero attached hydrogens (tertiary/aromatic N) is 2. The average Bonchev–Trinajstić information content (AvgIpc) is 2.44. The van der Waals surface area contributed by atoms with Gasteiger partial charge in [0.05, 0.1) is 9.26 Å². The minimum atomic E-state index is -0.365. The van der Waals surface area contributed by atoms with Crippen molar-refractivity contribution in [3.8, 4) is 0 Å². The third-order valence-corrected chi connectivity index (χ3v) is 5.82. The van der Waals surface area contributed by atoms with Gasteiger partial charge >= 0.3 is 0 Å². The molecule has 1 aromatic rings. The second-order valence-electron chi connectivity index (χ2n) is 6.81. The number of halogens is 1. The molecule has 0 atom stereocenters. The van der Waals surface area contributed by atoms with Crippen LogP contribution in [0.1, 0.15) is 64.4 Å². The fourth-order valence-corrected chi connectivity index (χ4v) is 3.48. The first-order valence-electron chi connectivity index (χ1n) is 7.71. The maximum Gasteiger partial charge on any atom is 0.162 e. The molecule has 21 heavy (non-hydrogen) atoms. The normalized spacial score (nSPS) is 20.4. The van der Waals surface area contributed by atoms with E-state index in [1.54, 1.807) is 7.11 Å². The molecule has 1 aliphatic rings. The lowest BCUT2D eigenvalue weighted by molar-refractivity contribution is -0.0729. The summed E-state index contributed by atoms with van der Waals surface area (Å²) < 4.78 is 6.89. The fraction of sp³-hybridized carbons (Fsp3) is 0.750. The summed E-state index contributed by atoms with van der Waals surface area (Å²) >= 11 is 2.25. The van der Waals surface area contributed by atoms with E-state index in [1.165, 1.54) is 0 Å². The highest BCUT2D eigenvalue weighted by Crippen LogP contribution is 2.46. The Morgan fingerprint density at radius 2 is 1.81 bits per heavy atom. The summed E-state index contributed by atoms with van der Waals surface area (Å²) in [4.78, 5) is 9.38. The van der Waals surface area contributed by atoms with Crippen molar-refractivity contribution in [2.24, 2.45) is 5.41 Å². The number of hydrogen-bond donors (Lipinski definition) is 1. The van der Waals surface area contributed by atoms with Gasteiger partial charge in [-0.3, -0.25) is 0 Å². The smallest absolute Gasteiger partial charge is 0.162 e. The first kappa shape index (κ1) is 16.9. The van der Waals surface area contributed by atoms with E-state index in [9.17, 15) is 0 Å². The molecule has 4 nitrogen and oxygen atoms in total. The zero-order chi connectivity index (χ0) is 15.7.